The van der Waals surface area contributed by atoms with Gasteiger partial charge in [-0.1, -0.05) is 49.8 Å². The van der Waals surface area contributed by atoms with Gasteiger partial charge in [0.25, 0.3) is 0 Å². The van der Waals surface area contributed by atoms with Crippen LogP contribution in [0.4, 0.5) is 0 Å². The molecule has 0 aromatic heterocycles. The number of aliphatic imine (C=N–C) groups is 1. The second-order valence-electron chi connectivity index (χ2n) is 7.41. The summed E-state index contributed by atoms with van der Waals surface area (Å²) in [4.78, 5) is 9.39. The maximum atomic E-state index is 4.57. The first-order chi connectivity index (χ1) is 12.6. The molecule has 1 aromatic carbocycles. The second kappa shape index (κ2) is 8.50. The van der Waals surface area contributed by atoms with Crippen molar-refractivity contribution in [3.63, 3.8) is 0 Å². The monoisotopic (exact) mass is 349 g/mol. The molecule has 0 amide bonds. The Balaban J connectivity index is 1.99. The Morgan fingerprint density at radius 1 is 1.15 bits per heavy atom. The number of nitrogens with zero attached hydrogens (tertiary/aromatic N) is 3. The van der Waals surface area contributed by atoms with E-state index in [9.17, 15) is 0 Å². The number of rotatable bonds is 6. The van der Waals surface area contributed by atoms with Crippen molar-refractivity contribution in [3.05, 3.63) is 65.3 Å². The van der Waals surface area contributed by atoms with Gasteiger partial charge in [-0.3, -0.25) is 9.89 Å². The number of likely N-dealkylation sites (tertiary alicyclic amines) is 1. The molecule has 0 aliphatic carbocycles. The van der Waals surface area contributed by atoms with Gasteiger partial charge in [-0.15, -0.1) is 0 Å². The van der Waals surface area contributed by atoms with Gasteiger partial charge in [0.15, 0.2) is 0 Å². The van der Waals surface area contributed by atoms with Crippen LogP contribution in [0.3, 0.4) is 0 Å². The summed E-state index contributed by atoms with van der Waals surface area (Å²) >= 11 is 0. The number of allylic oxidation sites excluding steroid dienone is 3. The van der Waals surface area contributed by atoms with Crippen molar-refractivity contribution in [1.82, 2.24) is 9.80 Å². The third-order valence-electron chi connectivity index (χ3n) is 5.25. The lowest BCUT2D eigenvalue weighted by Gasteiger charge is -2.31. The molecular formula is C23H31N3. The molecule has 2 heterocycles. The molecule has 2 aliphatic rings. The molecule has 2 aliphatic heterocycles. The van der Waals surface area contributed by atoms with E-state index in [1.165, 1.54) is 48.3 Å². The molecule has 0 atom stereocenters. The van der Waals surface area contributed by atoms with E-state index in [-0.39, 0.29) is 0 Å². The van der Waals surface area contributed by atoms with Gasteiger partial charge in [-0.05, 0) is 57.3 Å². The van der Waals surface area contributed by atoms with Crippen molar-refractivity contribution in [2.75, 3.05) is 19.6 Å². The lowest BCUT2D eigenvalue weighted by molar-refractivity contribution is 0.342. The van der Waals surface area contributed by atoms with Crippen LogP contribution in [-0.2, 0) is 0 Å². The van der Waals surface area contributed by atoms with E-state index in [2.05, 4.69) is 72.6 Å². The highest BCUT2D eigenvalue weighted by Gasteiger charge is 2.22. The number of hydrogen-bond donors (Lipinski definition) is 0. The third-order valence-corrected chi connectivity index (χ3v) is 5.25. The molecule has 0 N–H and O–H groups in total. The summed E-state index contributed by atoms with van der Waals surface area (Å²) in [5, 5.41) is 0. The smallest absolute Gasteiger partial charge is 0.0570 e. The molecule has 0 saturated carbocycles. The molecule has 1 fully saturated rings. The maximum Gasteiger partial charge on any atom is 0.0570 e. The van der Waals surface area contributed by atoms with E-state index in [1.807, 2.05) is 6.21 Å². The Bertz CT molecular complexity index is 731. The fourth-order valence-electron chi connectivity index (χ4n) is 3.62. The zero-order valence-electron chi connectivity index (χ0n) is 16.5. The Kier molecular flexibility index (Phi) is 6.10. The molecule has 0 radical (unpaired) electrons. The van der Waals surface area contributed by atoms with Crippen LogP contribution < -0.4 is 0 Å². The first kappa shape index (κ1) is 18.7. The molecule has 138 valence electrons. The van der Waals surface area contributed by atoms with Crippen LogP contribution in [0, 0.1) is 6.92 Å². The van der Waals surface area contributed by atoms with E-state index >= 15 is 0 Å². The lowest BCUT2D eigenvalue weighted by atomic mass is 10.0. The molecule has 26 heavy (non-hydrogen) atoms. The van der Waals surface area contributed by atoms with Crippen LogP contribution in [0.15, 0.2) is 59.1 Å². The zero-order valence-corrected chi connectivity index (χ0v) is 16.5. The van der Waals surface area contributed by atoms with Gasteiger partial charge in [0.05, 0.1) is 17.6 Å². The average Bonchev–Trinajstić information content (AvgIpc) is 3.15. The molecule has 3 rings (SSSR count). The van der Waals surface area contributed by atoms with E-state index in [4.69, 9.17) is 0 Å². The first-order valence-corrected chi connectivity index (χ1v) is 9.80. The van der Waals surface area contributed by atoms with Crippen molar-refractivity contribution in [3.8, 4) is 0 Å². The van der Waals surface area contributed by atoms with Crippen LogP contribution >= 0.6 is 0 Å². The van der Waals surface area contributed by atoms with E-state index < -0.39 is 0 Å². The molecule has 3 heteroatoms. The number of hydrogen-bond acceptors (Lipinski definition) is 3. The predicted octanol–water partition coefficient (Wildman–Crippen LogP) is 5.36. The summed E-state index contributed by atoms with van der Waals surface area (Å²) in [6.45, 7) is 14.2. The van der Waals surface area contributed by atoms with E-state index in [0.717, 1.165) is 30.8 Å². The van der Waals surface area contributed by atoms with Gasteiger partial charge in [0.1, 0.15) is 0 Å². The summed E-state index contributed by atoms with van der Waals surface area (Å²) < 4.78 is 0. The third kappa shape index (κ3) is 4.34. The van der Waals surface area contributed by atoms with Crippen LogP contribution in [0.5, 0.6) is 0 Å². The molecule has 0 unspecified atom stereocenters. The quantitative estimate of drug-likeness (QED) is 0.688. The largest absolute Gasteiger partial charge is 0.317 e. The second-order valence-corrected chi connectivity index (χ2v) is 7.41. The van der Waals surface area contributed by atoms with Gasteiger partial charge in [-0.2, -0.15) is 0 Å². The van der Waals surface area contributed by atoms with Crippen molar-refractivity contribution in [2.45, 2.75) is 46.5 Å². The minimum atomic E-state index is 0.950. The summed E-state index contributed by atoms with van der Waals surface area (Å²) in [5.41, 5.74) is 7.30. The zero-order chi connectivity index (χ0) is 18.5. The molecule has 1 aromatic rings. The highest BCUT2D eigenvalue weighted by Crippen LogP contribution is 2.29. The summed E-state index contributed by atoms with van der Waals surface area (Å²) in [6, 6.07) is 8.84. The van der Waals surface area contributed by atoms with Crippen molar-refractivity contribution in [1.29, 1.82) is 0 Å². The van der Waals surface area contributed by atoms with E-state index in [0.29, 0.717) is 0 Å². The lowest BCUT2D eigenvalue weighted by Crippen LogP contribution is -2.31. The Labute approximate surface area is 158 Å². The highest BCUT2D eigenvalue weighted by molar-refractivity contribution is 5.81. The van der Waals surface area contributed by atoms with Gasteiger partial charge in [0, 0.05) is 18.4 Å². The minimum Gasteiger partial charge on any atom is -0.317 e. The Morgan fingerprint density at radius 3 is 2.50 bits per heavy atom. The minimum absolute atomic E-state index is 0.950. The average molecular weight is 350 g/mol. The summed E-state index contributed by atoms with van der Waals surface area (Å²) in [5.74, 6) is 0. The topological polar surface area (TPSA) is 18.8 Å². The standard InChI is InChI=1S/C23H31N3/c1-5-8-22-16-26(19(3)15-24-22)23(17-25-13-6-7-14-25)20(4)21-11-9-18(2)10-12-21/h9-12,15-16H,3,5-8,13-14,17H2,1-2,4H3/b23-20+. The predicted molar refractivity (Wildman–Crippen MR) is 112 cm³/mol. The maximum absolute atomic E-state index is 4.57. The molecular weight excluding hydrogens is 318 g/mol. The van der Waals surface area contributed by atoms with Crippen LogP contribution in [-0.4, -0.2) is 35.6 Å². The van der Waals surface area contributed by atoms with Crippen molar-refractivity contribution in [2.24, 2.45) is 4.99 Å². The molecule has 0 spiro atoms. The fraction of sp³-hybridized carbons (Fsp3) is 0.435. The highest BCUT2D eigenvalue weighted by atomic mass is 15.2. The Hall–Kier alpha value is -2.13. The van der Waals surface area contributed by atoms with E-state index in [1.54, 1.807) is 0 Å². The summed E-state index contributed by atoms with van der Waals surface area (Å²) in [7, 11) is 0. The summed E-state index contributed by atoms with van der Waals surface area (Å²) in [6.07, 6.45) is 8.81. The van der Waals surface area contributed by atoms with Crippen LogP contribution in [0.25, 0.3) is 5.57 Å². The van der Waals surface area contributed by atoms with Crippen molar-refractivity contribution >= 4 is 11.8 Å². The molecule has 1 saturated heterocycles. The first-order valence-electron chi connectivity index (χ1n) is 9.80. The van der Waals surface area contributed by atoms with Crippen LogP contribution in [0.2, 0.25) is 0 Å². The number of aryl methyl sites for hydroxylation is 1. The normalized spacial score (nSPS) is 19.0. The molecule has 0 bridgehead atoms. The SMILES string of the molecule is C=C1C=NC(CCC)=CN1/C(CN1CCCC1)=C(\C)c1ccc(C)cc1. The van der Waals surface area contributed by atoms with Crippen LogP contribution in [0.1, 0.15) is 50.7 Å². The Morgan fingerprint density at radius 2 is 1.85 bits per heavy atom. The molecule has 3 nitrogen and oxygen atoms in total. The number of benzene rings is 1. The van der Waals surface area contributed by atoms with Crippen molar-refractivity contribution < 1.29 is 0 Å². The van der Waals surface area contributed by atoms with Gasteiger partial charge < -0.3 is 4.90 Å². The fourth-order valence-corrected chi connectivity index (χ4v) is 3.62. The van der Waals surface area contributed by atoms with Gasteiger partial charge in [0.2, 0.25) is 0 Å². The van der Waals surface area contributed by atoms with Gasteiger partial charge in [-0.25, -0.2) is 0 Å². The van der Waals surface area contributed by atoms with Gasteiger partial charge >= 0.3 is 0 Å².